The van der Waals surface area contributed by atoms with Gasteiger partial charge in [0.15, 0.2) is 0 Å². The fourth-order valence-corrected chi connectivity index (χ4v) is 2.88. The van der Waals surface area contributed by atoms with Gasteiger partial charge < -0.3 is 0 Å². The Bertz CT molecular complexity index is 537. The van der Waals surface area contributed by atoms with Crippen molar-refractivity contribution in [2.75, 3.05) is 0 Å². The van der Waals surface area contributed by atoms with Gasteiger partial charge in [-0.3, -0.25) is 4.98 Å². The van der Waals surface area contributed by atoms with Gasteiger partial charge in [0.1, 0.15) is 0 Å². The number of fused-ring (bicyclic) bond motifs is 1. The van der Waals surface area contributed by atoms with E-state index in [0.717, 1.165) is 28.8 Å². The molecule has 0 bridgehead atoms. The molecular weight excluding hydrogens is 265 g/mol. The Morgan fingerprint density at radius 1 is 1.22 bits per heavy atom. The first-order valence-electron chi connectivity index (χ1n) is 6.23. The van der Waals surface area contributed by atoms with Crippen LogP contribution in [-0.4, -0.2) is 10.4 Å². The van der Waals surface area contributed by atoms with E-state index in [2.05, 4.69) is 18.8 Å². The van der Waals surface area contributed by atoms with Crippen molar-refractivity contribution in [3.8, 4) is 0 Å². The summed E-state index contributed by atoms with van der Waals surface area (Å²) in [7, 11) is 0. The van der Waals surface area contributed by atoms with E-state index in [9.17, 15) is 0 Å². The second-order valence-electron chi connectivity index (χ2n) is 5.06. The highest BCUT2D eigenvalue weighted by atomic mass is 35.5. The molecule has 18 heavy (non-hydrogen) atoms. The maximum atomic E-state index is 6.40. The Kier molecular flexibility index (Phi) is 4.47. The van der Waals surface area contributed by atoms with Crippen LogP contribution in [0.5, 0.6) is 0 Å². The van der Waals surface area contributed by atoms with Crippen LogP contribution in [0.1, 0.15) is 25.8 Å². The predicted octanol–water partition coefficient (Wildman–Crippen LogP) is 5.08. The summed E-state index contributed by atoms with van der Waals surface area (Å²) < 4.78 is 0. The van der Waals surface area contributed by atoms with E-state index in [1.165, 1.54) is 5.56 Å². The third kappa shape index (κ3) is 3.37. The van der Waals surface area contributed by atoms with E-state index in [1.54, 1.807) is 0 Å². The minimum absolute atomic E-state index is 0.172. The van der Waals surface area contributed by atoms with Gasteiger partial charge in [-0.2, -0.15) is 0 Å². The molecule has 0 fully saturated rings. The highest BCUT2D eigenvalue weighted by molar-refractivity contribution is 6.31. The molecule has 2 rings (SSSR count). The largest absolute Gasteiger partial charge is 0.256 e. The molecule has 2 aromatic rings. The lowest BCUT2D eigenvalue weighted by atomic mass is 9.99. The van der Waals surface area contributed by atoms with Crippen molar-refractivity contribution in [3.63, 3.8) is 0 Å². The smallest absolute Gasteiger partial charge is 0.0719 e. The summed E-state index contributed by atoms with van der Waals surface area (Å²) in [5.41, 5.74) is 2.19. The predicted molar refractivity (Wildman–Crippen MR) is 79.6 cm³/mol. The van der Waals surface area contributed by atoms with Crippen molar-refractivity contribution in [2.45, 2.75) is 32.1 Å². The number of halogens is 2. The highest BCUT2D eigenvalue weighted by Crippen LogP contribution is 2.24. The first-order chi connectivity index (χ1) is 8.56. The topological polar surface area (TPSA) is 12.9 Å². The van der Waals surface area contributed by atoms with Crippen molar-refractivity contribution in [1.29, 1.82) is 0 Å². The second-order valence-corrected chi connectivity index (χ2v) is 6.12. The van der Waals surface area contributed by atoms with Crippen LogP contribution >= 0.6 is 23.2 Å². The van der Waals surface area contributed by atoms with E-state index >= 15 is 0 Å². The summed E-state index contributed by atoms with van der Waals surface area (Å²) in [6.07, 6.45) is 3.73. The van der Waals surface area contributed by atoms with Crippen molar-refractivity contribution in [1.82, 2.24) is 4.98 Å². The first kappa shape index (κ1) is 13.6. The molecule has 0 saturated heterocycles. The van der Waals surface area contributed by atoms with Gasteiger partial charge in [0.25, 0.3) is 0 Å². The van der Waals surface area contributed by atoms with Crippen molar-refractivity contribution >= 4 is 34.1 Å². The minimum Gasteiger partial charge on any atom is -0.256 e. The summed E-state index contributed by atoms with van der Waals surface area (Å²) in [6, 6.07) is 7.87. The fourth-order valence-electron chi connectivity index (χ4n) is 2.19. The molecule has 0 amide bonds. The monoisotopic (exact) mass is 281 g/mol. The van der Waals surface area contributed by atoms with Gasteiger partial charge in [-0.15, -0.1) is 11.6 Å². The van der Waals surface area contributed by atoms with Crippen LogP contribution in [-0.2, 0) is 6.42 Å². The average Bonchev–Trinajstić information content (AvgIpc) is 2.27. The molecule has 0 aliphatic rings. The van der Waals surface area contributed by atoms with E-state index in [4.69, 9.17) is 23.2 Å². The van der Waals surface area contributed by atoms with E-state index in [0.29, 0.717) is 5.92 Å². The van der Waals surface area contributed by atoms with Gasteiger partial charge in [-0.05, 0) is 42.5 Å². The highest BCUT2D eigenvalue weighted by Gasteiger charge is 2.11. The number of hydrogen-bond donors (Lipinski definition) is 0. The maximum Gasteiger partial charge on any atom is 0.0719 e. The number of rotatable bonds is 4. The third-order valence-corrected chi connectivity index (χ3v) is 3.53. The second kappa shape index (κ2) is 5.90. The molecule has 1 unspecified atom stereocenters. The molecule has 1 atom stereocenters. The zero-order valence-electron chi connectivity index (χ0n) is 10.7. The molecule has 1 heterocycles. The van der Waals surface area contributed by atoms with E-state index < -0.39 is 0 Å². The molecule has 1 aromatic heterocycles. The molecule has 0 aliphatic carbocycles. The van der Waals surface area contributed by atoms with Crippen molar-refractivity contribution in [2.24, 2.45) is 5.92 Å². The molecule has 0 N–H and O–H groups in total. The molecule has 1 nitrogen and oxygen atoms in total. The Labute approximate surface area is 118 Å². The van der Waals surface area contributed by atoms with Gasteiger partial charge in [0.2, 0.25) is 0 Å². The molecule has 0 aliphatic heterocycles. The molecule has 0 saturated carbocycles. The van der Waals surface area contributed by atoms with Crippen LogP contribution in [0.25, 0.3) is 10.9 Å². The standard InChI is InChI=1S/C15H17Cl2N/c1-10(2)7-13(17)8-11-5-6-18-15-9-12(16)3-4-14(11)15/h3-6,9-10,13H,7-8H2,1-2H3. The zero-order chi connectivity index (χ0) is 13.1. The maximum absolute atomic E-state index is 6.40. The molecule has 3 heteroatoms. The summed E-state index contributed by atoms with van der Waals surface area (Å²) in [5, 5.41) is 2.04. The summed E-state index contributed by atoms with van der Waals surface area (Å²) in [6.45, 7) is 4.39. The average molecular weight is 282 g/mol. The van der Waals surface area contributed by atoms with Gasteiger partial charge in [0.05, 0.1) is 5.52 Å². The SMILES string of the molecule is CC(C)CC(Cl)Cc1ccnc2cc(Cl)ccc12. The molecule has 1 aromatic carbocycles. The normalized spacial score (nSPS) is 13.2. The Morgan fingerprint density at radius 3 is 2.72 bits per heavy atom. The molecule has 96 valence electrons. The fraction of sp³-hybridized carbons (Fsp3) is 0.400. The first-order valence-corrected chi connectivity index (χ1v) is 7.05. The van der Waals surface area contributed by atoms with Crippen LogP contribution in [0.2, 0.25) is 5.02 Å². The van der Waals surface area contributed by atoms with Crippen LogP contribution in [0.15, 0.2) is 30.5 Å². The van der Waals surface area contributed by atoms with Crippen LogP contribution < -0.4 is 0 Å². The lowest BCUT2D eigenvalue weighted by molar-refractivity contribution is 0.562. The number of aromatic nitrogens is 1. The van der Waals surface area contributed by atoms with E-state index in [-0.39, 0.29) is 5.38 Å². The minimum atomic E-state index is 0.172. The summed E-state index contributed by atoms with van der Waals surface area (Å²) >= 11 is 12.4. The van der Waals surface area contributed by atoms with Gasteiger partial charge in [-0.25, -0.2) is 0 Å². The molecule has 0 spiro atoms. The number of pyridine rings is 1. The van der Waals surface area contributed by atoms with Gasteiger partial charge >= 0.3 is 0 Å². The van der Waals surface area contributed by atoms with Crippen LogP contribution in [0.3, 0.4) is 0 Å². The van der Waals surface area contributed by atoms with Gasteiger partial charge in [-0.1, -0.05) is 31.5 Å². The lowest BCUT2D eigenvalue weighted by Crippen LogP contribution is -2.07. The molecular formula is C15H17Cl2N. The Hall–Kier alpha value is -0.790. The summed E-state index contributed by atoms with van der Waals surface area (Å²) in [4.78, 5) is 4.34. The van der Waals surface area contributed by atoms with Gasteiger partial charge in [0, 0.05) is 22.0 Å². The van der Waals surface area contributed by atoms with E-state index in [1.807, 2.05) is 30.5 Å². The Balaban J connectivity index is 2.28. The number of benzene rings is 1. The molecule has 0 radical (unpaired) electrons. The van der Waals surface area contributed by atoms with Crippen LogP contribution in [0.4, 0.5) is 0 Å². The quantitative estimate of drug-likeness (QED) is 0.712. The Morgan fingerprint density at radius 2 is 2.00 bits per heavy atom. The third-order valence-electron chi connectivity index (χ3n) is 2.96. The summed E-state index contributed by atoms with van der Waals surface area (Å²) in [5.74, 6) is 0.620. The number of nitrogens with zero attached hydrogens (tertiary/aromatic N) is 1. The van der Waals surface area contributed by atoms with Crippen LogP contribution in [0, 0.1) is 5.92 Å². The number of hydrogen-bond acceptors (Lipinski definition) is 1. The lowest BCUT2D eigenvalue weighted by Gasteiger charge is -2.13. The zero-order valence-corrected chi connectivity index (χ0v) is 12.2. The van der Waals surface area contributed by atoms with Crippen molar-refractivity contribution < 1.29 is 0 Å². The number of alkyl halides is 1. The van der Waals surface area contributed by atoms with Crippen molar-refractivity contribution in [3.05, 3.63) is 41.0 Å².